The molecule has 1 atom stereocenters. The van der Waals surface area contributed by atoms with Gasteiger partial charge in [-0.05, 0) is 0 Å². The van der Waals surface area contributed by atoms with Gasteiger partial charge in [0.25, 0.3) is 0 Å². The molecule has 2 amide bonds. The molecule has 0 bridgehead atoms. The van der Waals surface area contributed by atoms with Gasteiger partial charge in [-0.25, -0.2) is 0 Å². The summed E-state index contributed by atoms with van der Waals surface area (Å²) in [6, 6.07) is 0. The number of nitrogens with one attached hydrogen (secondary N) is 1. The highest BCUT2D eigenvalue weighted by Crippen LogP contribution is 2.06. The van der Waals surface area contributed by atoms with Gasteiger partial charge >= 0.3 is 0 Å². The summed E-state index contributed by atoms with van der Waals surface area (Å²) in [6.07, 6.45) is 0. The van der Waals surface area contributed by atoms with Crippen molar-refractivity contribution in [3.05, 3.63) is 0 Å². The van der Waals surface area contributed by atoms with Crippen LogP contribution in [-0.2, 0) is 9.59 Å². The molecule has 15 heavy (non-hydrogen) atoms. The first-order valence-corrected chi connectivity index (χ1v) is 5.19. The minimum atomic E-state index is -0.119. The van der Waals surface area contributed by atoms with Gasteiger partial charge in [-0.2, -0.15) is 0 Å². The second-order valence-electron chi connectivity index (χ2n) is 4.10. The van der Waals surface area contributed by atoms with Gasteiger partial charge < -0.3 is 15.1 Å². The first kappa shape index (κ1) is 12.0. The predicted molar refractivity (Wildman–Crippen MR) is 57.3 cm³/mol. The molecule has 1 fully saturated rings. The molecule has 1 heterocycles. The first-order chi connectivity index (χ1) is 7.02. The molecule has 5 nitrogen and oxygen atoms in total. The van der Waals surface area contributed by atoms with Gasteiger partial charge in [0.1, 0.15) is 0 Å². The number of amides is 2. The van der Waals surface area contributed by atoms with Crippen LogP contribution in [0.25, 0.3) is 0 Å². The average molecular weight is 213 g/mol. The Kier molecular flexibility index (Phi) is 4.08. The van der Waals surface area contributed by atoms with Crippen LogP contribution in [0.15, 0.2) is 0 Å². The van der Waals surface area contributed by atoms with Gasteiger partial charge in [0.15, 0.2) is 0 Å². The van der Waals surface area contributed by atoms with Crippen molar-refractivity contribution >= 4 is 11.8 Å². The lowest BCUT2D eigenvalue weighted by atomic mass is 10.1. The zero-order valence-electron chi connectivity index (χ0n) is 9.62. The van der Waals surface area contributed by atoms with Crippen molar-refractivity contribution in [2.45, 2.75) is 6.92 Å². The van der Waals surface area contributed by atoms with Crippen LogP contribution in [0.5, 0.6) is 0 Å². The quantitative estimate of drug-likeness (QED) is 0.617. The fraction of sp³-hybridized carbons (Fsp3) is 0.800. The van der Waals surface area contributed by atoms with E-state index >= 15 is 0 Å². The Morgan fingerprint density at radius 2 is 2.07 bits per heavy atom. The maximum absolute atomic E-state index is 11.8. The number of hydrogen-bond acceptors (Lipinski definition) is 3. The molecule has 0 saturated carbocycles. The third kappa shape index (κ3) is 3.20. The van der Waals surface area contributed by atoms with E-state index in [4.69, 9.17) is 0 Å². The van der Waals surface area contributed by atoms with Crippen LogP contribution in [-0.4, -0.2) is 61.9 Å². The SMILES string of the molecule is CC(=O)N1CCNC[C@H](C(=O)N(C)C)C1. The smallest absolute Gasteiger partial charge is 0.228 e. The van der Waals surface area contributed by atoms with Gasteiger partial charge in [-0.15, -0.1) is 0 Å². The zero-order valence-corrected chi connectivity index (χ0v) is 9.62. The van der Waals surface area contributed by atoms with Gasteiger partial charge in [-0.1, -0.05) is 0 Å². The summed E-state index contributed by atoms with van der Waals surface area (Å²) < 4.78 is 0. The van der Waals surface area contributed by atoms with E-state index in [0.717, 1.165) is 6.54 Å². The van der Waals surface area contributed by atoms with Crippen molar-refractivity contribution < 1.29 is 9.59 Å². The second kappa shape index (κ2) is 5.11. The summed E-state index contributed by atoms with van der Waals surface area (Å²) in [7, 11) is 3.48. The van der Waals surface area contributed by atoms with Crippen molar-refractivity contribution in [3.8, 4) is 0 Å². The molecule has 1 saturated heterocycles. The Bertz CT molecular complexity index is 253. The largest absolute Gasteiger partial charge is 0.348 e. The highest BCUT2D eigenvalue weighted by Gasteiger charge is 2.26. The number of nitrogens with zero attached hydrogens (tertiary/aromatic N) is 2. The van der Waals surface area contributed by atoms with E-state index in [2.05, 4.69) is 5.32 Å². The van der Waals surface area contributed by atoms with E-state index in [1.165, 1.54) is 0 Å². The lowest BCUT2D eigenvalue weighted by Gasteiger charge is -2.24. The molecule has 86 valence electrons. The van der Waals surface area contributed by atoms with Crippen LogP contribution in [0.2, 0.25) is 0 Å². The Morgan fingerprint density at radius 3 is 2.60 bits per heavy atom. The second-order valence-corrected chi connectivity index (χ2v) is 4.10. The van der Waals surface area contributed by atoms with Crippen LogP contribution >= 0.6 is 0 Å². The van der Waals surface area contributed by atoms with Crippen molar-refractivity contribution in [1.29, 1.82) is 0 Å². The number of rotatable bonds is 1. The van der Waals surface area contributed by atoms with Crippen molar-refractivity contribution in [2.24, 2.45) is 5.92 Å². The monoisotopic (exact) mass is 213 g/mol. The van der Waals surface area contributed by atoms with Crippen LogP contribution in [0, 0.1) is 5.92 Å². The molecule has 0 unspecified atom stereocenters. The summed E-state index contributed by atoms with van der Waals surface area (Å²) in [6.45, 7) is 4.17. The topological polar surface area (TPSA) is 52.7 Å². The molecule has 0 radical (unpaired) electrons. The standard InChI is InChI=1S/C10H19N3O2/c1-8(14)13-5-4-11-6-9(7-13)10(15)12(2)3/h9,11H,4-7H2,1-3H3/t9-/m0/s1. The van der Waals surface area contributed by atoms with Crippen molar-refractivity contribution in [2.75, 3.05) is 40.3 Å². The minimum Gasteiger partial charge on any atom is -0.348 e. The fourth-order valence-corrected chi connectivity index (χ4v) is 1.73. The molecular weight excluding hydrogens is 194 g/mol. The third-order valence-electron chi connectivity index (χ3n) is 2.63. The van der Waals surface area contributed by atoms with Gasteiger partial charge in [0, 0.05) is 47.2 Å². The lowest BCUT2D eigenvalue weighted by molar-refractivity contribution is -0.135. The number of hydrogen-bond donors (Lipinski definition) is 1. The molecule has 0 aromatic carbocycles. The summed E-state index contributed by atoms with van der Waals surface area (Å²) in [4.78, 5) is 26.3. The predicted octanol–water partition coefficient (Wildman–Crippen LogP) is -0.857. The zero-order chi connectivity index (χ0) is 11.4. The van der Waals surface area contributed by atoms with Crippen molar-refractivity contribution in [1.82, 2.24) is 15.1 Å². The molecule has 1 rings (SSSR count). The Labute approximate surface area is 90.4 Å². The Balaban J connectivity index is 2.64. The van der Waals surface area contributed by atoms with E-state index < -0.39 is 0 Å². The molecule has 1 aliphatic heterocycles. The highest BCUT2D eigenvalue weighted by atomic mass is 16.2. The van der Waals surface area contributed by atoms with E-state index in [1.807, 2.05) is 0 Å². The molecule has 1 N–H and O–H groups in total. The summed E-state index contributed by atoms with van der Waals surface area (Å²) in [5, 5.41) is 3.18. The van der Waals surface area contributed by atoms with E-state index in [0.29, 0.717) is 19.6 Å². The number of carbonyl (C=O) groups excluding carboxylic acids is 2. The maximum Gasteiger partial charge on any atom is 0.228 e. The molecular formula is C10H19N3O2. The summed E-state index contributed by atoms with van der Waals surface area (Å²) in [5.74, 6) is -0.00249. The summed E-state index contributed by atoms with van der Waals surface area (Å²) >= 11 is 0. The highest BCUT2D eigenvalue weighted by molar-refractivity contribution is 5.80. The summed E-state index contributed by atoms with van der Waals surface area (Å²) in [5.41, 5.74) is 0. The Morgan fingerprint density at radius 1 is 1.40 bits per heavy atom. The molecule has 5 heteroatoms. The normalized spacial score (nSPS) is 22.1. The van der Waals surface area contributed by atoms with Gasteiger partial charge in [0.05, 0.1) is 5.92 Å². The Hall–Kier alpha value is -1.10. The lowest BCUT2D eigenvalue weighted by Crippen LogP contribution is -2.41. The van der Waals surface area contributed by atoms with Crippen LogP contribution in [0.4, 0.5) is 0 Å². The van der Waals surface area contributed by atoms with E-state index in [9.17, 15) is 9.59 Å². The van der Waals surface area contributed by atoms with E-state index in [1.54, 1.807) is 30.8 Å². The molecule has 0 spiro atoms. The third-order valence-corrected chi connectivity index (χ3v) is 2.63. The van der Waals surface area contributed by atoms with Crippen LogP contribution in [0.1, 0.15) is 6.92 Å². The number of carbonyl (C=O) groups is 2. The minimum absolute atomic E-state index is 0.0373. The molecule has 1 aliphatic rings. The van der Waals surface area contributed by atoms with Crippen LogP contribution in [0.3, 0.4) is 0 Å². The van der Waals surface area contributed by atoms with Crippen molar-refractivity contribution in [3.63, 3.8) is 0 Å². The van der Waals surface area contributed by atoms with E-state index in [-0.39, 0.29) is 17.7 Å². The average Bonchev–Trinajstić information content (AvgIpc) is 2.41. The van der Waals surface area contributed by atoms with Crippen LogP contribution < -0.4 is 5.32 Å². The maximum atomic E-state index is 11.8. The van der Waals surface area contributed by atoms with Gasteiger partial charge in [-0.3, -0.25) is 9.59 Å². The molecule has 0 aromatic rings. The molecule has 0 aliphatic carbocycles. The molecule has 0 aromatic heterocycles. The fourth-order valence-electron chi connectivity index (χ4n) is 1.73. The first-order valence-electron chi connectivity index (χ1n) is 5.19. The van der Waals surface area contributed by atoms with Gasteiger partial charge in [0.2, 0.25) is 11.8 Å².